The minimum Gasteiger partial charge on any atom is -0.496 e. The van der Waals surface area contributed by atoms with Crippen molar-refractivity contribution in [2.24, 2.45) is 11.8 Å². The van der Waals surface area contributed by atoms with E-state index in [1.165, 1.54) is 31.1 Å². The largest absolute Gasteiger partial charge is 0.496 e. The lowest BCUT2D eigenvalue weighted by Crippen LogP contribution is -2.53. The van der Waals surface area contributed by atoms with Crippen LogP contribution in [0.1, 0.15) is 87.9 Å². The number of esters is 2. The summed E-state index contributed by atoms with van der Waals surface area (Å²) in [5.41, 5.74) is 1.66. The number of hydrogen-bond donors (Lipinski definition) is 1. The molecule has 13 heteroatoms. The molecule has 0 aromatic heterocycles. The molecule has 4 bridgehead atoms. The Morgan fingerprint density at radius 1 is 1.12 bits per heavy atom. The number of anilines is 1. The highest BCUT2D eigenvalue weighted by Gasteiger charge is 2.64. The van der Waals surface area contributed by atoms with E-state index in [0.29, 0.717) is 34.4 Å². The minimum absolute atomic E-state index is 0.0584. The van der Waals surface area contributed by atoms with Gasteiger partial charge in [-0.1, -0.05) is 68.3 Å². The van der Waals surface area contributed by atoms with Gasteiger partial charge in [0.25, 0.3) is 5.91 Å². The number of nitrogens with zero attached hydrogens (tertiary/aromatic N) is 2. The number of carbonyl (C=O) groups excluding carboxylic acids is 4. The van der Waals surface area contributed by atoms with Gasteiger partial charge in [0, 0.05) is 33.5 Å². The third kappa shape index (κ3) is 9.62. The molecule has 2 aromatic rings. The Labute approximate surface area is 347 Å². The first-order valence-electron chi connectivity index (χ1n) is 19.9. The standard InChI is InChI=1S/C45H59ClN2O10/c1-25(2)17-30-15-16-34(54-10)32(20-30)42(51)47(8)29(6)43(52)57-37-22-38(49)48(9)33-21-31(19-27(4)40(33)46)18-26(3)13-12-14-36(55-11)45(53)23-35(56-39(50)24-45)28(5)41-44(37,7)58-41/h12-16,19-21,25,28-29,35-37,41,53H,17-18,22-24H2,1-11H3/b14-12+,26-13+/t28-,29+,35+,36-,37+,41+,44+,45-/m1/s1. The highest BCUT2D eigenvalue weighted by Crippen LogP contribution is 2.49. The monoisotopic (exact) mass is 822 g/mol. The first-order valence-corrected chi connectivity index (χ1v) is 20.3. The number of hydrogen-bond acceptors (Lipinski definition) is 10. The topological polar surface area (TPSA) is 144 Å². The highest BCUT2D eigenvalue weighted by molar-refractivity contribution is 6.34. The van der Waals surface area contributed by atoms with Crippen LogP contribution in [0.4, 0.5) is 5.69 Å². The van der Waals surface area contributed by atoms with Crippen molar-refractivity contribution in [1.29, 1.82) is 0 Å². The molecule has 2 aromatic carbocycles. The van der Waals surface area contributed by atoms with E-state index in [1.54, 1.807) is 45.2 Å². The van der Waals surface area contributed by atoms with Crippen LogP contribution in [0, 0.1) is 18.8 Å². The number of epoxide rings is 1. The van der Waals surface area contributed by atoms with E-state index < -0.39 is 71.3 Å². The number of methoxy groups -OCH3 is 2. The van der Waals surface area contributed by atoms with E-state index in [-0.39, 0.29) is 19.3 Å². The summed E-state index contributed by atoms with van der Waals surface area (Å²) in [5, 5.41) is 12.3. The fourth-order valence-electron chi connectivity index (χ4n) is 8.18. The molecule has 0 saturated carbocycles. The second-order valence-corrected chi connectivity index (χ2v) is 17.3. The number of allylic oxidation sites excluding steroid dienone is 3. The maximum atomic E-state index is 14.3. The van der Waals surface area contributed by atoms with Crippen LogP contribution >= 0.6 is 11.6 Å². The summed E-state index contributed by atoms with van der Waals surface area (Å²) >= 11 is 6.82. The van der Waals surface area contributed by atoms with E-state index in [2.05, 4.69) is 13.8 Å². The molecule has 0 spiro atoms. The molecular weight excluding hydrogens is 764 g/mol. The predicted molar refractivity (Wildman–Crippen MR) is 221 cm³/mol. The normalized spacial score (nSPS) is 29.7. The molecule has 2 amide bonds. The Balaban J connectivity index is 1.50. The van der Waals surface area contributed by atoms with Crippen molar-refractivity contribution in [3.8, 4) is 5.75 Å². The molecule has 3 aliphatic heterocycles. The Morgan fingerprint density at radius 3 is 2.48 bits per heavy atom. The molecule has 3 aliphatic rings. The van der Waals surface area contributed by atoms with Crippen LogP contribution in [0.25, 0.3) is 0 Å². The first kappa shape index (κ1) is 44.9. The number of halogens is 1. The molecule has 0 radical (unpaired) electrons. The Morgan fingerprint density at radius 2 is 1.83 bits per heavy atom. The number of benzene rings is 2. The van der Waals surface area contributed by atoms with Crippen molar-refractivity contribution < 1.29 is 48.0 Å². The fraction of sp³-hybridized carbons (Fsp3) is 0.556. The number of aryl methyl sites for hydroxylation is 1. The second kappa shape index (κ2) is 17.9. The van der Waals surface area contributed by atoms with Crippen LogP contribution in [0.5, 0.6) is 5.75 Å². The molecule has 12 nitrogen and oxygen atoms in total. The third-order valence-electron chi connectivity index (χ3n) is 11.8. The van der Waals surface area contributed by atoms with Gasteiger partial charge in [0.15, 0.2) is 0 Å². The summed E-state index contributed by atoms with van der Waals surface area (Å²) in [6.45, 7) is 13.2. The fourth-order valence-corrected chi connectivity index (χ4v) is 8.41. The summed E-state index contributed by atoms with van der Waals surface area (Å²) in [5.74, 6) is -1.92. The summed E-state index contributed by atoms with van der Waals surface area (Å²) in [7, 11) is 6.11. The summed E-state index contributed by atoms with van der Waals surface area (Å²) in [6.07, 6.45) is 2.85. The van der Waals surface area contributed by atoms with Crippen molar-refractivity contribution in [3.05, 3.63) is 81.4 Å². The van der Waals surface area contributed by atoms with E-state index in [1.807, 2.05) is 45.0 Å². The Kier molecular flexibility index (Phi) is 13.9. The smallest absolute Gasteiger partial charge is 0.328 e. The number of rotatable bonds is 8. The van der Waals surface area contributed by atoms with E-state index in [4.69, 9.17) is 35.3 Å². The van der Waals surface area contributed by atoms with Crippen molar-refractivity contribution in [1.82, 2.24) is 4.90 Å². The lowest BCUT2D eigenvalue weighted by atomic mass is 9.78. The van der Waals surface area contributed by atoms with Gasteiger partial charge in [-0.05, 0) is 81.3 Å². The van der Waals surface area contributed by atoms with Crippen molar-refractivity contribution in [2.45, 2.75) is 122 Å². The number of ether oxygens (including phenoxy) is 5. The van der Waals surface area contributed by atoms with E-state index >= 15 is 0 Å². The molecular formula is C45H59ClN2O10. The molecule has 0 unspecified atom stereocenters. The van der Waals surface area contributed by atoms with Crippen LogP contribution < -0.4 is 9.64 Å². The lowest BCUT2D eigenvalue weighted by molar-refractivity contribution is -0.187. The molecule has 0 aliphatic carbocycles. The number of amides is 2. The first-order chi connectivity index (χ1) is 27.2. The van der Waals surface area contributed by atoms with Crippen LogP contribution in [0.15, 0.2) is 54.1 Å². The maximum absolute atomic E-state index is 14.3. The van der Waals surface area contributed by atoms with Crippen LogP contribution in [-0.4, -0.2) is 104 Å². The quantitative estimate of drug-likeness (QED) is 0.229. The van der Waals surface area contributed by atoms with Crippen LogP contribution in [-0.2, 0) is 46.2 Å². The summed E-state index contributed by atoms with van der Waals surface area (Å²) in [6, 6.07) is 8.20. The molecule has 1 N–H and O–H groups in total. The summed E-state index contributed by atoms with van der Waals surface area (Å²) < 4.78 is 29.6. The maximum Gasteiger partial charge on any atom is 0.328 e. The number of aliphatic hydroxyl groups is 1. The Bertz CT molecular complexity index is 1960. The third-order valence-corrected chi connectivity index (χ3v) is 12.3. The van der Waals surface area contributed by atoms with Crippen molar-refractivity contribution in [3.63, 3.8) is 0 Å². The number of carbonyl (C=O) groups is 4. The summed E-state index contributed by atoms with van der Waals surface area (Å²) in [4.78, 5) is 58.1. The number of likely N-dealkylation sites (N-methyl/N-ethyl adjacent to an activating group) is 1. The van der Waals surface area contributed by atoms with Crippen molar-refractivity contribution >= 4 is 41.0 Å². The van der Waals surface area contributed by atoms with Crippen LogP contribution in [0.2, 0.25) is 5.02 Å². The number of fused-ring (bicyclic) bond motifs is 5. The van der Waals surface area contributed by atoms with Gasteiger partial charge in [0.2, 0.25) is 5.91 Å². The zero-order chi connectivity index (χ0) is 42.9. The predicted octanol–water partition coefficient (Wildman–Crippen LogP) is 6.58. The SMILES string of the molecule is COc1ccc(CC(C)C)cc1C(=O)N(C)[C@@H](C)C(=O)O[C@H]1CC(=O)N(C)c2cc(cc(C)c2Cl)C/C(C)=C/C=C/[C@@H](OC)[C@]2(O)CC(=O)O[C@@H](C2)[C@@H](C)[C@@H]2O[C@@]12C. The molecule has 5 rings (SSSR count). The van der Waals surface area contributed by atoms with Crippen LogP contribution in [0.3, 0.4) is 0 Å². The molecule has 316 valence electrons. The van der Waals surface area contributed by atoms with Gasteiger partial charge in [-0.2, -0.15) is 0 Å². The van der Waals surface area contributed by atoms with Gasteiger partial charge in [0.1, 0.15) is 41.3 Å². The van der Waals surface area contributed by atoms with E-state index in [0.717, 1.165) is 28.7 Å². The van der Waals surface area contributed by atoms with Gasteiger partial charge in [-0.3, -0.25) is 14.4 Å². The lowest BCUT2D eigenvalue weighted by Gasteiger charge is -2.41. The van der Waals surface area contributed by atoms with Gasteiger partial charge in [-0.25, -0.2) is 4.79 Å². The average molecular weight is 823 g/mol. The van der Waals surface area contributed by atoms with Gasteiger partial charge >= 0.3 is 11.9 Å². The zero-order valence-electron chi connectivity index (χ0n) is 35.6. The Hall–Kier alpha value is -4.23. The van der Waals surface area contributed by atoms with E-state index in [9.17, 15) is 24.3 Å². The molecule has 8 atom stereocenters. The molecule has 2 saturated heterocycles. The minimum atomic E-state index is -1.58. The second-order valence-electron chi connectivity index (χ2n) is 16.9. The molecule has 2 fully saturated rings. The van der Waals surface area contributed by atoms with Gasteiger partial charge in [0.05, 0.1) is 42.3 Å². The molecule has 58 heavy (non-hydrogen) atoms. The average Bonchev–Trinajstić information content (AvgIpc) is 3.86. The van der Waals surface area contributed by atoms with Gasteiger partial charge < -0.3 is 38.6 Å². The molecule has 3 heterocycles. The van der Waals surface area contributed by atoms with Gasteiger partial charge in [-0.15, -0.1) is 0 Å². The highest BCUT2D eigenvalue weighted by atomic mass is 35.5. The zero-order valence-corrected chi connectivity index (χ0v) is 36.3. The van der Waals surface area contributed by atoms with Crippen molar-refractivity contribution in [2.75, 3.05) is 33.2 Å².